The molecule has 2 aromatic rings. The predicted octanol–water partition coefficient (Wildman–Crippen LogP) is 4.21. The maximum absolute atomic E-state index is 12.1. The van der Waals surface area contributed by atoms with Crippen molar-refractivity contribution in [2.45, 2.75) is 44.6 Å². The molecule has 7 heteroatoms. The zero-order valence-electron chi connectivity index (χ0n) is 13.1. The Morgan fingerprint density at radius 2 is 1.96 bits per heavy atom. The van der Waals surface area contributed by atoms with E-state index in [2.05, 4.69) is 10.3 Å². The maximum atomic E-state index is 12.1. The number of furan rings is 1. The van der Waals surface area contributed by atoms with E-state index in [-0.39, 0.29) is 11.9 Å². The first-order chi connectivity index (χ1) is 11.0. The first-order valence-corrected chi connectivity index (χ1v) is 8.37. The summed E-state index contributed by atoms with van der Waals surface area (Å²) in [5, 5.41) is 3.23. The molecule has 0 aliphatic rings. The van der Waals surface area contributed by atoms with E-state index in [9.17, 15) is 8.78 Å². The molecule has 0 fully saturated rings. The average Bonchev–Trinajstić information content (AvgIpc) is 2.94. The Labute approximate surface area is 138 Å². The van der Waals surface area contributed by atoms with Crippen molar-refractivity contribution in [3.63, 3.8) is 0 Å². The van der Waals surface area contributed by atoms with Crippen molar-refractivity contribution < 1.29 is 17.9 Å². The molecular weight excluding hydrogens is 322 g/mol. The Morgan fingerprint density at radius 3 is 2.61 bits per heavy atom. The van der Waals surface area contributed by atoms with E-state index >= 15 is 0 Å². The minimum atomic E-state index is -2.38. The summed E-state index contributed by atoms with van der Waals surface area (Å²) >= 11 is 0.556. The van der Waals surface area contributed by atoms with Crippen LogP contribution in [-0.4, -0.2) is 16.8 Å². The fourth-order valence-electron chi connectivity index (χ4n) is 1.90. The molecule has 23 heavy (non-hydrogen) atoms. The summed E-state index contributed by atoms with van der Waals surface area (Å²) in [6.45, 7) is 5.07. The SMILES string of the molecule is CC(C)Oc1ccc(CNCc2ccc(CSC(F)F)o2)cn1. The Morgan fingerprint density at radius 1 is 1.17 bits per heavy atom. The topological polar surface area (TPSA) is 47.3 Å². The van der Waals surface area contributed by atoms with Gasteiger partial charge in [0.1, 0.15) is 11.5 Å². The van der Waals surface area contributed by atoms with Gasteiger partial charge in [0.25, 0.3) is 5.76 Å². The Bertz CT molecular complexity index is 588. The van der Waals surface area contributed by atoms with Crippen molar-refractivity contribution in [2.24, 2.45) is 0 Å². The number of rotatable bonds is 9. The number of halogens is 2. The highest BCUT2D eigenvalue weighted by atomic mass is 32.2. The normalized spacial score (nSPS) is 11.4. The van der Waals surface area contributed by atoms with E-state index in [1.807, 2.05) is 26.0 Å². The fraction of sp³-hybridized carbons (Fsp3) is 0.438. The third kappa shape index (κ3) is 6.58. The number of nitrogens with zero attached hydrogens (tertiary/aromatic N) is 1. The minimum absolute atomic E-state index is 0.0999. The van der Waals surface area contributed by atoms with Crippen molar-refractivity contribution in [3.05, 3.63) is 47.5 Å². The van der Waals surface area contributed by atoms with Crippen LogP contribution in [-0.2, 0) is 18.8 Å². The molecule has 0 spiro atoms. The van der Waals surface area contributed by atoms with Gasteiger partial charge in [-0.05, 0) is 31.5 Å². The molecule has 0 saturated heterocycles. The number of pyridine rings is 1. The second kappa shape index (κ2) is 8.88. The van der Waals surface area contributed by atoms with Gasteiger partial charge in [-0.1, -0.05) is 17.8 Å². The molecule has 2 rings (SSSR count). The van der Waals surface area contributed by atoms with Crippen LogP contribution in [0.2, 0.25) is 0 Å². The Kier molecular flexibility index (Phi) is 6.85. The van der Waals surface area contributed by atoms with Gasteiger partial charge in [-0.15, -0.1) is 0 Å². The van der Waals surface area contributed by atoms with Gasteiger partial charge in [0.15, 0.2) is 0 Å². The number of hydrogen-bond donors (Lipinski definition) is 1. The van der Waals surface area contributed by atoms with Crippen molar-refractivity contribution in [2.75, 3.05) is 0 Å². The van der Waals surface area contributed by atoms with Crippen LogP contribution in [0.15, 0.2) is 34.9 Å². The van der Waals surface area contributed by atoms with Gasteiger partial charge in [-0.25, -0.2) is 4.98 Å². The Hall–Kier alpha value is -1.60. The van der Waals surface area contributed by atoms with Crippen LogP contribution in [0, 0.1) is 0 Å². The molecule has 0 radical (unpaired) electrons. The van der Waals surface area contributed by atoms with Crippen LogP contribution in [0.5, 0.6) is 5.88 Å². The first kappa shape index (κ1) is 17.7. The van der Waals surface area contributed by atoms with Crippen molar-refractivity contribution in [1.29, 1.82) is 0 Å². The molecule has 0 aliphatic heterocycles. The molecule has 0 saturated carbocycles. The van der Waals surface area contributed by atoms with Crippen LogP contribution in [0.3, 0.4) is 0 Å². The van der Waals surface area contributed by atoms with E-state index < -0.39 is 5.76 Å². The zero-order chi connectivity index (χ0) is 16.7. The summed E-state index contributed by atoms with van der Waals surface area (Å²) < 4.78 is 35.2. The Balaban J connectivity index is 1.74. The number of thioether (sulfide) groups is 1. The number of ether oxygens (including phenoxy) is 1. The summed E-state index contributed by atoms with van der Waals surface area (Å²) in [6, 6.07) is 7.31. The largest absolute Gasteiger partial charge is 0.475 e. The molecule has 2 heterocycles. The lowest BCUT2D eigenvalue weighted by atomic mass is 10.3. The standard InChI is InChI=1S/C16H20F2N2O2S/c1-11(2)21-15-6-3-12(8-20-15)7-19-9-13-4-5-14(22-13)10-23-16(17)18/h3-6,8,11,16,19H,7,9-10H2,1-2H3. The lowest BCUT2D eigenvalue weighted by Gasteiger charge is -2.09. The van der Waals surface area contributed by atoms with Crippen LogP contribution >= 0.6 is 11.8 Å². The average molecular weight is 342 g/mol. The van der Waals surface area contributed by atoms with E-state index in [1.54, 1.807) is 18.3 Å². The summed E-state index contributed by atoms with van der Waals surface area (Å²) in [5.41, 5.74) is 1.03. The lowest BCUT2D eigenvalue weighted by molar-refractivity contribution is 0.232. The highest BCUT2D eigenvalue weighted by Gasteiger charge is 2.07. The van der Waals surface area contributed by atoms with Gasteiger partial charge in [0, 0.05) is 18.8 Å². The molecule has 1 N–H and O–H groups in total. The van der Waals surface area contributed by atoms with Crippen LogP contribution in [0.4, 0.5) is 8.78 Å². The van der Waals surface area contributed by atoms with Crippen LogP contribution in [0.1, 0.15) is 30.9 Å². The smallest absolute Gasteiger partial charge is 0.284 e. The molecule has 0 aromatic carbocycles. The summed E-state index contributed by atoms with van der Waals surface area (Å²) in [7, 11) is 0. The predicted molar refractivity (Wildman–Crippen MR) is 86.6 cm³/mol. The highest BCUT2D eigenvalue weighted by molar-refractivity contribution is 7.98. The number of aromatic nitrogens is 1. The van der Waals surface area contributed by atoms with Crippen molar-refractivity contribution in [1.82, 2.24) is 10.3 Å². The van der Waals surface area contributed by atoms with Crippen LogP contribution in [0.25, 0.3) is 0 Å². The van der Waals surface area contributed by atoms with Crippen molar-refractivity contribution >= 4 is 11.8 Å². The van der Waals surface area contributed by atoms with E-state index in [0.29, 0.717) is 36.5 Å². The highest BCUT2D eigenvalue weighted by Crippen LogP contribution is 2.21. The molecule has 0 bridgehead atoms. The molecule has 126 valence electrons. The van der Waals surface area contributed by atoms with E-state index in [4.69, 9.17) is 9.15 Å². The summed E-state index contributed by atoms with van der Waals surface area (Å²) in [5.74, 6) is -0.307. The third-order valence-corrected chi connectivity index (χ3v) is 3.55. The van der Waals surface area contributed by atoms with Gasteiger partial charge < -0.3 is 14.5 Å². The number of hydrogen-bond acceptors (Lipinski definition) is 5. The monoisotopic (exact) mass is 342 g/mol. The quantitative estimate of drug-likeness (QED) is 0.740. The molecule has 0 atom stereocenters. The number of alkyl halides is 2. The van der Waals surface area contributed by atoms with Gasteiger partial charge in [0.05, 0.1) is 18.4 Å². The van der Waals surface area contributed by atoms with Gasteiger partial charge in [-0.3, -0.25) is 0 Å². The minimum Gasteiger partial charge on any atom is -0.475 e. The lowest BCUT2D eigenvalue weighted by Crippen LogP contribution is -2.12. The third-order valence-electron chi connectivity index (χ3n) is 2.85. The fourth-order valence-corrected chi connectivity index (χ4v) is 2.34. The molecule has 0 aliphatic carbocycles. The maximum Gasteiger partial charge on any atom is 0.284 e. The van der Waals surface area contributed by atoms with E-state index in [1.165, 1.54) is 0 Å². The van der Waals surface area contributed by atoms with Crippen molar-refractivity contribution in [3.8, 4) is 5.88 Å². The first-order valence-electron chi connectivity index (χ1n) is 7.32. The molecular formula is C16H20F2N2O2S. The molecule has 2 aromatic heterocycles. The summed E-state index contributed by atoms with van der Waals surface area (Å²) in [6.07, 6.45) is 1.86. The summed E-state index contributed by atoms with van der Waals surface area (Å²) in [4.78, 5) is 4.23. The van der Waals surface area contributed by atoms with Gasteiger partial charge in [0.2, 0.25) is 5.88 Å². The van der Waals surface area contributed by atoms with Crippen LogP contribution < -0.4 is 10.1 Å². The molecule has 0 unspecified atom stereocenters. The number of nitrogens with one attached hydrogen (secondary N) is 1. The second-order valence-corrected chi connectivity index (χ2v) is 6.19. The molecule has 0 amide bonds. The van der Waals surface area contributed by atoms with Gasteiger partial charge >= 0.3 is 0 Å². The second-order valence-electron chi connectivity index (χ2n) is 5.21. The van der Waals surface area contributed by atoms with Gasteiger partial charge in [-0.2, -0.15) is 8.78 Å². The molecule has 4 nitrogen and oxygen atoms in total. The zero-order valence-corrected chi connectivity index (χ0v) is 13.9. The van der Waals surface area contributed by atoms with E-state index in [0.717, 1.165) is 11.3 Å².